The quantitative estimate of drug-likeness (QED) is 0.850. The molecule has 0 saturated heterocycles. The van der Waals surface area contributed by atoms with Crippen LogP contribution >= 0.6 is 22.9 Å². The standard InChI is InChI=1S/C15H19ClN4S/c1-2-7-17-15-18-9-11(16)14(20-15)19-12-4-3-5-13-10(12)6-8-21-13/h6,8-9,12H,2-5,7H2,1H3,(H2,17,18,19,20). The lowest BCUT2D eigenvalue weighted by atomic mass is 9.94. The summed E-state index contributed by atoms with van der Waals surface area (Å²) in [6.45, 7) is 2.97. The maximum atomic E-state index is 6.24. The minimum atomic E-state index is 0.298. The van der Waals surface area contributed by atoms with E-state index in [-0.39, 0.29) is 0 Å². The average Bonchev–Trinajstić information content (AvgIpc) is 2.97. The van der Waals surface area contributed by atoms with E-state index in [1.165, 1.54) is 23.3 Å². The second-order valence-corrected chi connectivity index (χ2v) is 6.61. The molecule has 21 heavy (non-hydrogen) atoms. The molecule has 2 aromatic heterocycles. The molecule has 2 N–H and O–H groups in total. The fourth-order valence-electron chi connectivity index (χ4n) is 2.59. The number of nitrogens with zero attached hydrogens (tertiary/aromatic N) is 2. The van der Waals surface area contributed by atoms with Gasteiger partial charge in [-0.25, -0.2) is 4.98 Å². The first-order chi connectivity index (χ1) is 10.3. The second kappa shape index (κ2) is 6.62. The van der Waals surface area contributed by atoms with Crippen molar-refractivity contribution in [3.05, 3.63) is 33.1 Å². The molecule has 1 aliphatic carbocycles. The fourth-order valence-corrected chi connectivity index (χ4v) is 3.72. The van der Waals surface area contributed by atoms with Gasteiger partial charge in [-0.1, -0.05) is 18.5 Å². The summed E-state index contributed by atoms with van der Waals surface area (Å²) in [4.78, 5) is 10.2. The van der Waals surface area contributed by atoms with E-state index in [9.17, 15) is 0 Å². The first-order valence-electron chi connectivity index (χ1n) is 7.37. The van der Waals surface area contributed by atoms with Crippen LogP contribution in [-0.2, 0) is 6.42 Å². The lowest BCUT2D eigenvalue weighted by Crippen LogP contribution is -2.17. The molecule has 2 aromatic rings. The van der Waals surface area contributed by atoms with Crippen LogP contribution in [0.25, 0.3) is 0 Å². The van der Waals surface area contributed by atoms with Gasteiger partial charge >= 0.3 is 0 Å². The minimum absolute atomic E-state index is 0.298. The van der Waals surface area contributed by atoms with Gasteiger partial charge in [0, 0.05) is 11.4 Å². The van der Waals surface area contributed by atoms with Crippen LogP contribution < -0.4 is 10.6 Å². The average molecular weight is 323 g/mol. The van der Waals surface area contributed by atoms with E-state index in [1.54, 1.807) is 6.20 Å². The van der Waals surface area contributed by atoms with Gasteiger partial charge < -0.3 is 10.6 Å². The molecule has 3 rings (SSSR count). The zero-order chi connectivity index (χ0) is 14.7. The number of hydrogen-bond donors (Lipinski definition) is 2. The Balaban J connectivity index is 1.79. The highest BCUT2D eigenvalue weighted by molar-refractivity contribution is 7.10. The van der Waals surface area contributed by atoms with Crippen LogP contribution in [0.5, 0.6) is 0 Å². The maximum absolute atomic E-state index is 6.24. The Kier molecular flexibility index (Phi) is 4.60. The van der Waals surface area contributed by atoms with Crippen LogP contribution in [0.2, 0.25) is 5.02 Å². The van der Waals surface area contributed by atoms with Crippen LogP contribution in [0.3, 0.4) is 0 Å². The molecule has 112 valence electrons. The maximum Gasteiger partial charge on any atom is 0.224 e. The van der Waals surface area contributed by atoms with Crippen molar-refractivity contribution in [2.45, 2.75) is 38.6 Å². The number of aryl methyl sites for hydroxylation is 1. The van der Waals surface area contributed by atoms with E-state index in [4.69, 9.17) is 11.6 Å². The highest BCUT2D eigenvalue weighted by Gasteiger charge is 2.22. The van der Waals surface area contributed by atoms with Crippen LogP contribution in [0, 0.1) is 0 Å². The Labute approximate surface area is 134 Å². The third-order valence-corrected chi connectivity index (χ3v) is 4.91. The molecule has 0 fully saturated rings. The topological polar surface area (TPSA) is 49.8 Å². The predicted molar refractivity (Wildman–Crippen MR) is 89.4 cm³/mol. The van der Waals surface area contributed by atoms with Gasteiger partial charge in [0.2, 0.25) is 5.95 Å². The summed E-state index contributed by atoms with van der Waals surface area (Å²) < 4.78 is 0. The number of nitrogens with one attached hydrogen (secondary N) is 2. The smallest absolute Gasteiger partial charge is 0.224 e. The van der Waals surface area contributed by atoms with Crippen molar-refractivity contribution in [2.75, 3.05) is 17.2 Å². The van der Waals surface area contributed by atoms with Gasteiger partial charge in [0.05, 0.1) is 12.2 Å². The van der Waals surface area contributed by atoms with E-state index in [0.717, 1.165) is 19.4 Å². The number of anilines is 2. The van der Waals surface area contributed by atoms with E-state index in [0.29, 0.717) is 22.8 Å². The molecule has 0 spiro atoms. The summed E-state index contributed by atoms with van der Waals surface area (Å²) in [6, 6.07) is 2.51. The van der Waals surface area contributed by atoms with Crippen molar-refractivity contribution >= 4 is 34.7 Å². The van der Waals surface area contributed by atoms with Crippen LogP contribution in [0.4, 0.5) is 11.8 Å². The molecule has 1 aliphatic rings. The molecule has 0 radical (unpaired) electrons. The highest BCUT2D eigenvalue weighted by atomic mass is 35.5. The van der Waals surface area contributed by atoms with Gasteiger partial charge in [-0.05, 0) is 42.7 Å². The lowest BCUT2D eigenvalue weighted by molar-refractivity contribution is 0.607. The van der Waals surface area contributed by atoms with E-state index >= 15 is 0 Å². The first kappa shape index (κ1) is 14.6. The molecular weight excluding hydrogens is 304 g/mol. The van der Waals surface area contributed by atoms with Gasteiger partial charge in [-0.2, -0.15) is 4.98 Å². The van der Waals surface area contributed by atoms with Crippen molar-refractivity contribution < 1.29 is 0 Å². The zero-order valence-corrected chi connectivity index (χ0v) is 13.6. The summed E-state index contributed by atoms with van der Waals surface area (Å²) in [5.41, 5.74) is 1.39. The third-order valence-electron chi connectivity index (χ3n) is 3.64. The fraction of sp³-hybridized carbons (Fsp3) is 0.467. The van der Waals surface area contributed by atoms with Gasteiger partial charge in [0.15, 0.2) is 5.82 Å². The molecule has 4 nitrogen and oxygen atoms in total. The Bertz CT molecular complexity index is 613. The van der Waals surface area contributed by atoms with Crippen LogP contribution in [0.15, 0.2) is 17.6 Å². The SMILES string of the molecule is CCCNc1ncc(Cl)c(NC2CCCc3sccc32)n1. The summed E-state index contributed by atoms with van der Waals surface area (Å²) in [5.74, 6) is 1.35. The van der Waals surface area contributed by atoms with Gasteiger partial charge in [0.25, 0.3) is 0 Å². The lowest BCUT2D eigenvalue weighted by Gasteiger charge is -2.24. The minimum Gasteiger partial charge on any atom is -0.362 e. The summed E-state index contributed by atoms with van der Waals surface area (Å²) in [5, 5.41) is 9.42. The molecule has 2 heterocycles. The molecule has 0 saturated carbocycles. The van der Waals surface area contributed by atoms with E-state index in [1.807, 2.05) is 11.3 Å². The molecule has 0 amide bonds. The number of rotatable bonds is 5. The van der Waals surface area contributed by atoms with Crippen LogP contribution in [0.1, 0.15) is 42.7 Å². The normalized spacial score (nSPS) is 17.3. The molecule has 0 aromatic carbocycles. The number of thiophene rings is 1. The molecule has 6 heteroatoms. The monoisotopic (exact) mass is 322 g/mol. The molecule has 1 atom stereocenters. The zero-order valence-electron chi connectivity index (χ0n) is 12.0. The number of hydrogen-bond acceptors (Lipinski definition) is 5. The molecule has 0 bridgehead atoms. The number of aromatic nitrogens is 2. The predicted octanol–water partition coefficient (Wildman–Crippen LogP) is 4.50. The van der Waals surface area contributed by atoms with Gasteiger partial charge in [-0.3, -0.25) is 0 Å². The molecule has 0 aliphatic heterocycles. The highest BCUT2D eigenvalue weighted by Crippen LogP contribution is 2.36. The summed E-state index contributed by atoms with van der Waals surface area (Å²) in [7, 11) is 0. The second-order valence-electron chi connectivity index (χ2n) is 5.21. The third kappa shape index (κ3) is 3.30. The summed E-state index contributed by atoms with van der Waals surface area (Å²) >= 11 is 8.08. The van der Waals surface area contributed by atoms with Crippen molar-refractivity contribution in [2.24, 2.45) is 0 Å². The molecule has 1 unspecified atom stereocenters. The Morgan fingerprint density at radius 3 is 3.24 bits per heavy atom. The first-order valence-corrected chi connectivity index (χ1v) is 8.63. The van der Waals surface area contributed by atoms with E-state index in [2.05, 4.69) is 39.0 Å². The summed E-state index contributed by atoms with van der Waals surface area (Å²) in [6.07, 6.45) is 6.20. The Hall–Kier alpha value is -1.33. The van der Waals surface area contributed by atoms with Crippen molar-refractivity contribution in [3.63, 3.8) is 0 Å². The van der Waals surface area contributed by atoms with E-state index < -0.39 is 0 Å². The van der Waals surface area contributed by atoms with Crippen molar-refractivity contribution in [3.8, 4) is 0 Å². The Morgan fingerprint density at radius 2 is 2.38 bits per heavy atom. The van der Waals surface area contributed by atoms with Gasteiger partial charge in [0.1, 0.15) is 5.02 Å². The number of fused-ring (bicyclic) bond motifs is 1. The van der Waals surface area contributed by atoms with Gasteiger partial charge in [-0.15, -0.1) is 11.3 Å². The molecular formula is C15H19ClN4S. The van der Waals surface area contributed by atoms with Crippen molar-refractivity contribution in [1.29, 1.82) is 0 Å². The largest absolute Gasteiger partial charge is 0.362 e. The number of halogens is 1. The van der Waals surface area contributed by atoms with Crippen LogP contribution in [-0.4, -0.2) is 16.5 Å². The Morgan fingerprint density at radius 1 is 1.48 bits per heavy atom. The van der Waals surface area contributed by atoms with Crippen molar-refractivity contribution in [1.82, 2.24) is 9.97 Å².